The number of benzene rings is 2. The number of nitrogens with one attached hydrogen (secondary N) is 1. The number of alkyl halides is 3. The van der Waals surface area contributed by atoms with Crippen LogP contribution in [0.5, 0.6) is 11.5 Å². The molecule has 0 saturated heterocycles. The molecule has 1 aliphatic rings. The number of anilines is 2. The molecule has 2 aromatic carbocycles. The van der Waals surface area contributed by atoms with Gasteiger partial charge >= 0.3 is 12.1 Å². The van der Waals surface area contributed by atoms with E-state index in [1.807, 2.05) is 0 Å². The Morgan fingerprint density at radius 2 is 1.76 bits per heavy atom. The summed E-state index contributed by atoms with van der Waals surface area (Å²) < 4.78 is 47.6. The van der Waals surface area contributed by atoms with Gasteiger partial charge in [0.2, 0.25) is 5.91 Å². The summed E-state index contributed by atoms with van der Waals surface area (Å²) in [6, 6.07) is 9.41. The lowest BCUT2D eigenvalue weighted by molar-refractivity contribution is -0.138. The molecule has 0 bridgehead atoms. The van der Waals surface area contributed by atoms with Gasteiger partial charge in [-0.1, -0.05) is 6.92 Å². The summed E-state index contributed by atoms with van der Waals surface area (Å²) in [7, 11) is 0. The van der Waals surface area contributed by atoms with Crippen LogP contribution in [0.3, 0.4) is 0 Å². The fraction of sp³-hybridized carbons (Fsp3) is 0.355. The van der Waals surface area contributed by atoms with Crippen molar-refractivity contribution in [2.45, 2.75) is 58.7 Å². The van der Waals surface area contributed by atoms with Crippen molar-refractivity contribution >= 4 is 29.2 Å². The second-order valence-electron chi connectivity index (χ2n) is 10.7. The molecule has 2 amide bonds. The second-order valence-corrected chi connectivity index (χ2v) is 10.7. The highest BCUT2D eigenvalue weighted by molar-refractivity contribution is 6.05. The average Bonchev–Trinajstić information content (AvgIpc) is 2.94. The maximum Gasteiger partial charge on any atom is 0.420 e. The molecule has 8 nitrogen and oxygen atoms in total. The summed E-state index contributed by atoms with van der Waals surface area (Å²) in [5.41, 5.74) is -1.30. The van der Waals surface area contributed by atoms with Gasteiger partial charge < -0.3 is 20.1 Å². The Balaban J connectivity index is 1.64. The fourth-order valence-corrected chi connectivity index (χ4v) is 5.06. The number of amides is 2. The van der Waals surface area contributed by atoms with Crippen LogP contribution in [-0.2, 0) is 11.0 Å². The van der Waals surface area contributed by atoms with Gasteiger partial charge in [-0.15, -0.1) is 0 Å². The zero-order valence-electron chi connectivity index (χ0n) is 23.4. The monoisotopic (exact) mass is 583 g/mol. The number of aromatic carboxylic acids is 1. The van der Waals surface area contributed by atoms with Crippen LogP contribution in [0.2, 0.25) is 0 Å². The Morgan fingerprint density at radius 1 is 1.05 bits per heavy atom. The van der Waals surface area contributed by atoms with Crippen molar-refractivity contribution in [1.29, 1.82) is 0 Å². The topological polar surface area (TPSA) is 109 Å². The Morgan fingerprint density at radius 3 is 2.36 bits per heavy atom. The Bertz CT molecular complexity index is 1450. The number of halogens is 3. The van der Waals surface area contributed by atoms with Crippen LogP contribution in [0.4, 0.5) is 24.5 Å². The number of carbonyl (C=O) groups is 3. The minimum Gasteiger partial charge on any atom is -0.478 e. The third-order valence-electron chi connectivity index (χ3n) is 7.27. The number of pyridine rings is 1. The molecule has 1 fully saturated rings. The molecule has 1 heterocycles. The van der Waals surface area contributed by atoms with Gasteiger partial charge in [0.25, 0.3) is 5.91 Å². The predicted molar refractivity (Wildman–Crippen MR) is 151 cm³/mol. The highest BCUT2D eigenvalue weighted by atomic mass is 19.4. The molecule has 222 valence electrons. The molecule has 11 heteroatoms. The first-order valence-corrected chi connectivity index (χ1v) is 13.7. The third-order valence-corrected chi connectivity index (χ3v) is 7.27. The van der Waals surface area contributed by atoms with Crippen LogP contribution in [0, 0.1) is 11.8 Å². The van der Waals surface area contributed by atoms with E-state index in [1.54, 1.807) is 26.0 Å². The maximum atomic E-state index is 14.0. The number of carboxylic acid groups (broad SMARTS) is 1. The van der Waals surface area contributed by atoms with Gasteiger partial charge in [-0.3, -0.25) is 14.6 Å². The number of ether oxygens (including phenoxy) is 1. The van der Waals surface area contributed by atoms with E-state index in [4.69, 9.17) is 4.74 Å². The van der Waals surface area contributed by atoms with Crippen LogP contribution in [0.15, 0.2) is 60.9 Å². The summed E-state index contributed by atoms with van der Waals surface area (Å²) in [5.74, 6) is -2.79. The number of nitrogens with zero attached hydrogens (tertiary/aromatic N) is 2. The van der Waals surface area contributed by atoms with E-state index < -0.39 is 29.4 Å². The van der Waals surface area contributed by atoms with E-state index in [0.717, 1.165) is 25.0 Å². The van der Waals surface area contributed by atoms with Gasteiger partial charge in [0.05, 0.1) is 28.7 Å². The molecule has 0 atom stereocenters. The molecular formula is C31H32F3N3O5. The van der Waals surface area contributed by atoms with Crippen molar-refractivity contribution in [1.82, 2.24) is 4.98 Å². The number of carbonyl (C=O) groups excluding carboxylic acids is 2. The molecular weight excluding hydrogens is 551 g/mol. The minimum atomic E-state index is -4.88. The lowest BCUT2D eigenvalue weighted by atomic mass is 9.82. The van der Waals surface area contributed by atoms with Gasteiger partial charge in [0, 0.05) is 23.7 Å². The average molecular weight is 584 g/mol. The van der Waals surface area contributed by atoms with Gasteiger partial charge in [0.15, 0.2) is 0 Å². The first-order chi connectivity index (χ1) is 19.8. The van der Waals surface area contributed by atoms with Crippen LogP contribution >= 0.6 is 0 Å². The zero-order valence-corrected chi connectivity index (χ0v) is 23.4. The third kappa shape index (κ3) is 7.07. The second kappa shape index (κ2) is 12.6. The molecule has 0 spiro atoms. The number of aromatic nitrogens is 1. The molecule has 42 heavy (non-hydrogen) atoms. The molecule has 0 unspecified atom stereocenters. The quantitative estimate of drug-likeness (QED) is 0.286. The van der Waals surface area contributed by atoms with Gasteiger partial charge in [-0.2, -0.15) is 13.2 Å². The van der Waals surface area contributed by atoms with Crippen LogP contribution in [0.25, 0.3) is 0 Å². The van der Waals surface area contributed by atoms with Crippen LogP contribution in [-0.4, -0.2) is 33.9 Å². The number of hydrogen-bond acceptors (Lipinski definition) is 5. The van der Waals surface area contributed by atoms with E-state index in [-0.39, 0.29) is 40.4 Å². The summed E-state index contributed by atoms with van der Waals surface area (Å²) in [6.07, 6.45) is 1.20. The van der Waals surface area contributed by atoms with Crippen LogP contribution in [0.1, 0.15) is 72.7 Å². The normalized spacial score (nSPS) is 17.0. The maximum absolute atomic E-state index is 14.0. The van der Waals surface area contributed by atoms with E-state index in [1.165, 1.54) is 35.5 Å². The van der Waals surface area contributed by atoms with Crippen LogP contribution < -0.4 is 15.0 Å². The Labute approximate surface area is 241 Å². The zero-order chi connectivity index (χ0) is 30.6. The first-order valence-electron chi connectivity index (χ1n) is 13.7. The molecule has 4 rings (SSSR count). The Kier molecular flexibility index (Phi) is 9.18. The minimum absolute atomic E-state index is 0.145. The first kappa shape index (κ1) is 30.5. The SMILES string of the molecule is CC(C)N(c1ccc(Oc2ccc(C(=O)Nc3cccnc3)cc2C(F)(F)F)cc1C(=O)O)C(=O)[C@H]1CC[C@H](C)CC1. The highest BCUT2D eigenvalue weighted by Gasteiger charge is 2.36. The summed E-state index contributed by atoms with van der Waals surface area (Å²) in [6.45, 7) is 5.69. The summed E-state index contributed by atoms with van der Waals surface area (Å²) in [5, 5.41) is 12.5. The molecule has 0 aliphatic heterocycles. The van der Waals surface area contributed by atoms with Gasteiger partial charge in [-0.25, -0.2) is 4.79 Å². The number of hydrogen-bond donors (Lipinski definition) is 2. The summed E-state index contributed by atoms with van der Waals surface area (Å²) >= 11 is 0. The molecule has 0 radical (unpaired) electrons. The van der Waals surface area contributed by atoms with Crippen molar-refractivity contribution in [3.8, 4) is 11.5 Å². The number of carboxylic acids is 1. The van der Waals surface area contributed by atoms with Crippen molar-refractivity contribution < 1.29 is 37.4 Å². The largest absolute Gasteiger partial charge is 0.478 e. The predicted octanol–water partition coefficient (Wildman–Crippen LogP) is 7.41. The molecule has 2 N–H and O–H groups in total. The van der Waals surface area contributed by atoms with Crippen molar-refractivity contribution in [3.63, 3.8) is 0 Å². The van der Waals surface area contributed by atoms with Gasteiger partial charge in [-0.05, 0) is 94.0 Å². The van der Waals surface area contributed by atoms with E-state index in [9.17, 15) is 32.7 Å². The lowest BCUT2D eigenvalue weighted by Crippen LogP contribution is -2.42. The molecule has 3 aromatic rings. The molecule has 1 aromatic heterocycles. The van der Waals surface area contributed by atoms with E-state index in [2.05, 4.69) is 17.2 Å². The van der Waals surface area contributed by atoms with E-state index >= 15 is 0 Å². The van der Waals surface area contributed by atoms with E-state index in [0.29, 0.717) is 30.5 Å². The van der Waals surface area contributed by atoms with Crippen molar-refractivity contribution in [2.75, 3.05) is 10.2 Å². The smallest absolute Gasteiger partial charge is 0.420 e. The number of rotatable bonds is 8. The Hall–Kier alpha value is -4.41. The van der Waals surface area contributed by atoms with Crippen molar-refractivity contribution in [2.24, 2.45) is 11.8 Å². The molecule has 1 saturated carbocycles. The fourth-order valence-electron chi connectivity index (χ4n) is 5.06. The van der Waals surface area contributed by atoms with Gasteiger partial charge in [0.1, 0.15) is 11.5 Å². The standard InChI is InChI=1S/C31H32F3N3O5/c1-18(2)37(29(39)20-8-6-19(3)7-9-20)26-12-11-23(16-24(26)30(40)41)42-27-13-10-21(15-25(27)31(32,33)34)28(38)36-22-5-4-14-35-17-22/h4-5,10-20H,6-9H2,1-3H3,(H,36,38)(H,40,41)/t19-,20-. The molecule has 1 aliphatic carbocycles. The summed E-state index contributed by atoms with van der Waals surface area (Å²) in [4.78, 5) is 43.6. The highest BCUT2D eigenvalue weighted by Crippen LogP contribution is 2.40. The lowest BCUT2D eigenvalue weighted by Gasteiger charge is -2.34. The van der Waals surface area contributed by atoms with Crippen molar-refractivity contribution in [3.05, 3.63) is 77.6 Å².